The second kappa shape index (κ2) is 6.39. The number of ether oxygens (including phenoxy) is 1. The van der Waals surface area contributed by atoms with Crippen LogP contribution in [0.25, 0.3) is 0 Å². The zero-order valence-electron chi connectivity index (χ0n) is 11.2. The minimum absolute atomic E-state index is 0.346. The van der Waals surface area contributed by atoms with Gasteiger partial charge in [-0.3, -0.25) is 0 Å². The first-order valence-corrected chi connectivity index (χ1v) is 7.17. The van der Waals surface area contributed by atoms with Crippen LogP contribution in [-0.2, 0) is 10.6 Å². The Kier molecular flexibility index (Phi) is 4.84. The van der Waals surface area contributed by atoms with E-state index in [4.69, 9.17) is 16.3 Å². The fraction of sp³-hybridized carbons (Fsp3) is 0.643. The lowest BCUT2D eigenvalue weighted by Crippen LogP contribution is -2.40. The third-order valence-electron chi connectivity index (χ3n) is 3.43. The van der Waals surface area contributed by atoms with Crippen molar-refractivity contribution < 1.29 is 4.74 Å². The third kappa shape index (κ3) is 3.15. The normalized spacial score (nSPS) is 20.2. The van der Waals surface area contributed by atoms with E-state index in [0.717, 1.165) is 43.2 Å². The van der Waals surface area contributed by atoms with Gasteiger partial charge in [-0.1, -0.05) is 6.07 Å². The molecule has 1 fully saturated rings. The maximum absolute atomic E-state index is 5.86. The van der Waals surface area contributed by atoms with Crippen LogP contribution in [0.15, 0.2) is 12.1 Å². The van der Waals surface area contributed by atoms with Crippen molar-refractivity contribution in [1.82, 2.24) is 4.98 Å². The molecular formula is C14H21ClN2O. The average Bonchev–Trinajstić information content (AvgIpc) is 2.39. The molecule has 2 heterocycles. The Bertz CT molecular complexity index is 395. The van der Waals surface area contributed by atoms with E-state index in [1.54, 1.807) is 0 Å². The van der Waals surface area contributed by atoms with Gasteiger partial charge >= 0.3 is 0 Å². The van der Waals surface area contributed by atoms with Crippen molar-refractivity contribution in [2.24, 2.45) is 0 Å². The first kappa shape index (κ1) is 13.6. The van der Waals surface area contributed by atoms with Gasteiger partial charge in [-0.2, -0.15) is 0 Å². The van der Waals surface area contributed by atoms with E-state index in [-0.39, 0.29) is 0 Å². The molecule has 0 bridgehead atoms. The zero-order chi connectivity index (χ0) is 13.0. The molecule has 0 N–H and O–H groups in total. The summed E-state index contributed by atoms with van der Waals surface area (Å²) in [6, 6.07) is 4.15. The third-order valence-corrected chi connectivity index (χ3v) is 3.72. The number of pyridine rings is 1. The molecule has 2 rings (SSSR count). The fourth-order valence-corrected chi connectivity index (χ4v) is 2.69. The van der Waals surface area contributed by atoms with Gasteiger partial charge in [0.1, 0.15) is 5.82 Å². The van der Waals surface area contributed by atoms with Gasteiger partial charge in [0.05, 0.1) is 6.10 Å². The lowest BCUT2D eigenvalue weighted by molar-refractivity contribution is 0.0525. The van der Waals surface area contributed by atoms with Crippen molar-refractivity contribution >= 4 is 17.4 Å². The molecule has 1 aromatic rings. The SMILES string of the molecule is CCOC1CCCN(c2ccc(CCl)c(C)n2)C1. The topological polar surface area (TPSA) is 25.4 Å². The number of aryl methyl sites for hydroxylation is 1. The number of piperidine rings is 1. The maximum Gasteiger partial charge on any atom is 0.128 e. The molecule has 0 spiro atoms. The summed E-state index contributed by atoms with van der Waals surface area (Å²) in [5.41, 5.74) is 2.14. The number of hydrogen-bond acceptors (Lipinski definition) is 3. The summed E-state index contributed by atoms with van der Waals surface area (Å²) in [5, 5.41) is 0. The Hall–Kier alpha value is -0.800. The summed E-state index contributed by atoms with van der Waals surface area (Å²) in [6.45, 7) is 6.87. The molecule has 1 aliphatic rings. The molecule has 1 unspecified atom stereocenters. The monoisotopic (exact) mass is 268 g/mol. The van der Waals surface area contributed by atoms with Crippen molar-refractivity contribution in [3.05, 3.63) is 23.4 Å². The Morgan fingerprint density at radius 1 is 1.50 bits per heavy atom. The highest BCUT2D eigenvalue weighted by atomic mass is 35.5. The molecule has 0 radical (unpaired) electrons. The van der Waals surface area contributed by atoms with Gasteiger partial charge in [0, 0.05) is 31.3 Å². The van der Waals surface area contributed by atoms with Gasteiger partial charge < -0.3 is 9.64 Å². The highest BCUT2D eigenvalue weighted by molar-refractivity contribution is 6.17. The van der Waals surface area contributed by atoms with Gasteiger partial charge in [-0.05, 0) is 38.3 Å². The van der Waals surface area contributed by atoms with Crippen molar-refractivity contribution in [3.63, 3.8) is 0 Å². The van der Waals surface area contributed by atoms with Gasteiger partial charge in [0.15, 0.2) is 0 Å². The highest BCUT2D eigenvalue weighted by Gasteiger charge is 2.21. The van der Waals surface area contributed by atoms with Crippen molar-refractivity contribution in [2.75, 3.05) is 24.6 Å². The van der Waals surface area contributed by atoms with E-state index in [2.05, 4.69) is 28.9 Å². The predicted molar refractivity (Wildman–Crippen MR) is 75.4 cm³/mol. The number of nitrogens with zero attached hydrogens (tertiary/aromatic N) is 2. The molecule has 0 saturated carbocycles. The molecular weight excluding hydrogens is 248 g/mol. The minimum Gasteiger partial charge on any atom is -0.377 e. The van der Waals surface area contributed by atoms with Crippen molar-refractivity contribution in [2.45, 2.75) is 38.7 Å². The number of alkyl halides is 1. The predicted octanol–water partition coefficient (Wildman–Crippen LogP) is 3.13. The molecule has 0 aromatic carbocycles. The van der Waals surface area contributed by atoms with Gasteiger partial charge in [0.25, 0.3) is 0 Å². The largest absolute Gasteiger partial charge is 0.377 e. The van der Waals surface area contributed by atoms with Gasteiger partial charge in [-0.15, -0.1) is 11.6 Å². The van der Waals surface area contributed by atoms with Crippen molar-refractivity contribution in [3.8, 4) is 0 Å². The number of hydrogen-bond donors (Lipinski definition) is 0. The minimum atomic E-state index is 0.346. The quantitative estimate of drug-likeness (QED) is 0.785. The summed E-state index contributed by atoms with van der Waals surface area (Å²) in [6.07, 6.45) is 2.67. The standard InChI is InChI=1S/C14H21ClN2O/c1-3-18-13-5-4-8-17(10-13)14-7-6-12(9-15)11(2)16-14/h6-7,13H,3-5,8-10H2,1-2H3. The summed E-state index contributed by atoms with van der Waals surface area (Å²) >= 11 is 5.86. The molecule has 0 amide bonds. The van der Waals surface area contributed by atoms with Crippen LogP contribution in [0.2, 0.25) is 0 Å². The molecule has 3 nitrogen and oxygen atoms in total. The molecule has 1 aliphatic heterocycles. The van der Waals surface area contributed by atoms with Crippen LogP contribution < -0.4 is 4.90 Å². The molecule has 4 heteroatoms. The first-order valence-electron chi connectivity index (χ1n) is 6.63. The zero-order valence-corrected chi connectivity index (χ0v) is 11.9. The van der Waals surface area contributed by atoms with E-state index in [0.29, 0.717) is 12.0 Å². The summed E-state index contributed by atoms with van der Waals surface area (Å²) < 4.78 is 5.72. The van der Waals surface area contributed by atoms with E-state index in [1.807, 2.05) is 6.92 Å². The van der Waals surface area contributed by atoms with Crippen LogP contribution in [0.1, 0.15) is 31.0 Å². The summed E-state index contributed by atoms with van der Waals surface area (Å²) in [4.78, 5) is 6.96. The lowest BCUT2D eigenvalue weighted by Gasteiger charge is -2.33. The van der Waals surface area contributed by atoms with Crippen LogP contribution in [0.4, 0.5) is 5.82 Å². The molecule has 1 atom stereocenters. The Morgan fingerprint density at radius 3 is 3.00 bits per heavy atom. The molecule has 1 aromatic heterocycles. The van der Waals surface area contributed by atoms with E-state index < -0.39 is 0 Å². The Morgan fingerprint density at radius 2 is 2.33 bits per heavy atom. The lowest BCUT2D eigenvalue weighted by atomic mass is 10.1. The van der Waals surface area contributed by atoms with Crippen molar-refractivity contribution in [1.29, 1.82) is 0 Å². The van der Waals surface area contributed by atoms with Crippen LogP contribution in [0.3, 0.4) is 0 Å². The fourth-order valence-electron chi connectivity index (χ4n) is 2.41. The number of aromatic nitrogens is 1. The Labute approximate surface area is 114 Å². The van der Waals surface area contributed by atoms with E-state index in [1.165, 1.54) is 6.42 Å². The maximum atomic E-state index is 5.86. The number of rotatable bonds is 4. The Balaban J connectivity index is 2.08. The number of anilines is 1. The van der Waals surface area contributed by atoms with Gasteiger partial charge in [0.2, 0.25) is 0 Å². The van der Waals surface area contributed by atoms with Crippen LogP contribution >= 0.6 is 11.6 Å². The average molecular weight is 269 g/mol. The second-order valence-electron chi connectivity index (χ2n) is 4.71. The summed E-state index contributed by atoms with van der Waals surface area (Å²) in [5.74, 6) is 1.58. The molecule has 0 aliphatic carbocycles. The second-order valence-corrected chi connectivity index (χ2v) is 4.98. The summed E-state index contributed by atoms with van der Waals surface area (Å²) in [7, 11) is 0. The van der Waals surface area contributed by atoms with Crippen LogP contribution in [0, 0.1) is 6.92 Å². The van der Waals surface area contributed by atoms with Crippen LogP contribution in [-0.4, -0.2) is 30.8 Å². The first-order chi connectivity index (χ1) is 8.74. The number of halogens is 1. The van der Waals surface area contributed by atoms with Crippen LogP contribution in [0.5, 0.6) is 0 Å². The smallest absolute Gasteiger partial charge is 0.128 e. The van der Waals surface area contributed by atoms with E-state index in [9.17, 15) is 0 Å². The van der Waals surface area contributed by atoms with Gasteiger partial charge in [-0.25, -0.2) is 4.98 Å². The molecule has 1 saturated heterocycles. The highest BCUT2D eigenvalue weighted by Crippen LogP contribution is 2.21. The van der Waals surface area contributed by atoms with E-state index >= 15 is 0 Å². The molecule has 18 heavy (non-hydrogen) atoms. The molecule has 100 valence electrons.